The number of hydrogen-bond donors (Lipinski definition) is 2. The number of aryl methyl sites for hydroxylation is 2. The van der Waals surface area contributed by atoms with E-state index in [1.807, 2.05) is 0 Å². The molecule has 0 fully saturated rings. The molecule has 0 amide bonds. The summed E-state index contributed by atoms with van der Waals surface area (Å²) in [5.74, 6) is 0. The highest BCUT2D eigenvalue weighted by Gasteiger charge is 2.14. The number of pyridine rings is 1. The monoisotopic (exact) mass is 313 g/mol. The first kappa shape index (κ1) is 12.9. The van der Waals surface area contributed by atoms with Crippen molar-refractivity contribution in [2.45, 2.75) is 20.4 Å². The van der Waals surface area contributed by atoms with Gasteiger partial charge in [-0.05, 0) is 36.9 Å². The van der Waals surface area contributed by atoms with Gasteiger partial charge in [0.25, 0.3) is 0 Å². The highest BCUT2D eigenvalue weighted by Crippen LogP contribution is 2.38. The first-order chi connectivity index (χ1) is 10.2. The van der Waals surface area contributed by atoms with Gasteiger partial charge in [-0.15, -0.1) is 22.7 Å². The van der Waals surface area contributed by atoms with Gasteiger partial charge in [-0.25, -0.2) is 4.98 Å². The van der Waals surface area contributed by atoms with Gasteiger partial charge < -0.3 is 10.3 Å². The van der Waals surface area contributed by atoms with Crippen molar-refractivity contribution in [1.29, 1.82) is 0 Å². The van der Waals surface area contributed by atoms with Crippen molar-refractivity contribution in [2.24, 2.45) is 0 Å². The number of nitrogens with zero attached hydrogens (tertiary/aromatic N) is 1. The van der Waals surface area contributed by atoms with Crippen LogP contribution in [0.1, 0.15) is 16.1 Å². The van der Waals surface area contributed by atoms with Gasteiger partial charge in [-0.1, -0.05) is 6.07 Å². The summed E-state index contributed by atoms with van der Waals surface area (Å²) in [7, 11) is 0. The summed E-state index contributed by atoms with van der Waals surface area (Å²) in [6, 6.07) is 6.39. The first-order valence-corrected chi connectivity index (χ1v) is 8.56. The molecule has 0 atom stereocenters. The summed E-state index contributed by atoms with van der Waals surface area (Å²) in [6.45, 7) is 5.07. The molecule has 3 nitrogen and oxygen atoms in total. The first-order valence-electron chi connectivity index (χ1n) is 6.86. The van der Waals surface area contributed by atoms with E-state index in [9.17, 15) is 0 Å². The van der Waals surface area contributed by atoms with Crippen molar-refractivity contribution in [2.75, 3.05) is 5.32 Å². The lowest BCUT2D eigenvalue weighted by Gasteiger charge is -2.00. The minimum atomic E-state index is 0.865. The molecular weight excluding hydrogens is 298 g/mol. The zero-order valence-corrected chi connectivity index (χ0v) is 13.5. The second-order valence-corrected chi connectivity index (χ2v) is 7.23. The Hall–Kier alpha value is -1.85. The average molecular weight is 313 g/mol. The predicted octanol–water partition coefficient (Wildman–Crippen LogP) is 5.07. The quantitative estimate of drug-likeness (QED) is 0.554. The van der Waals surface area contributed by atoms with E-state index >= 15 is 0 Å². The molecule has 0 spiro atoms. The number of nitrogens with one attached hydrogen (secondary N) is 2. The SMILES string of the molecule is Cc1cc(C)c2c(n1)sc1c(NCc3cccs3)c[nH]c12. The number of aromatic amines is 1. The van der Waals surface area contributed by atoms with Crippen LogP contribution < -0.4 is 5.32 Å². The summed E-state index contributed by atoms with van der Waals surface area (Å²) in [5.41, 5.74) is 4.74. The van der Waals surface area contributed by atoms with Gasteiger partial charge in [0, 0.05) is 28.7 Å². The Morgan fingerprint density at radius 2 is 2.24 bits per heavy atom. The molecule has 106 valence electrons. The normalized spacial score (nSPS) is 11.5. The molecule has 0 radical (unpaired) electrons. The summed E-state index contributed by atoms with van der Waals surface area (Å²) in [6.07, 6.45) is 2.06. The van der Waals surface area contributed by atoms with Crippen LogP contribution in [0.5, 0.6) is 0 Å². The molecule has 0 aliphatic heterocycles. The lowest BCUT2D eigenvalue weighted by Crippen LogP contribution is -1.95. The van der Waals surface area contributed by atoms with Crippen LogP contribution in [0.3, 0.4) is 0 Å². The van der Waals surface area contributed by atoms with Crippen LogP contribution in [0, 0.1) is 13.8 Å². The third-order valence-electron chi connectivity index (χ3n) is 3.63. The van der Waals surface area contributed by atoms with Crippen LogP contribution >= 0.6 is 22.7 Å². The molecule has 0 unspecified atom stereocenters. The lowest BCUT2D eigenvalue weighted by molar-refractivity contribution is 1.20. The van der Waals surface area contributed by atoms with E-state index in [1.165, 1.54) is 31.7 Å². The number of anilines is 1. The van der Waals surface area contributed by atoms with Gasteiger partial charge in [0.15, 0.2) is 0 Å². The van der Waals surface area contributed by atoms with Gasteiger partial charge in [0.05, 0.1) is 15.9 Å². The smallest absolute Gasteiger partial charge is 0.126 e. The Bertz CT molecular complexity index is 916. The number of fused-ring (bicyclic) bond motifs is 3. The van der Waals surface area contributed by atoms with Crippen LogP contribution in [0.25, 0.3) is 20.4 Å². The van der Waals surface area contributed by atoms with E-state index in [2.05, 4.69) is 58.9 Å². The predicted molar refractivity (Wildman–Crippen MR) is 92.6 cm³/mol. The van der Waals surface area contributed by atoms with Crippen molar-refractivity contribution >= 4 is 48.8 Å². The second kappa shape index (κ2) is 4.86. The molecule has 5 heteroatoms. The second-order valence-electron chi connectivity index (χ2n) is 5.20. The van der Waals surface area contributed by atoms with E-state index in [4.69, 9.17) is 0 Å². The van der Waals surface area contributed by atoms with Gasteiger partial charge in [0.1, 0.15) is 4.83 Å². The fourth-order valence-corrected chi connectivity index (χ4v) is 4.60. The van der Waals surface area contributed by atoms with Gasteiger partial charge in [-0.2, -0.15) is 0 Å². The van der Waals surface area contributed by atoms with Crippen LogP contribution in [0.15, 0.2) is 29.8 Å². The minimum Gasteiger partial charge on any atom is -0.378 e. The molecule has 21 heavy (non-hydrogen) atoms. The third kappa shape index (κ3) is 2.13. The van der Waals surface area contributed by atoms with Crippen LogP contribution in [0.2, 0.25) is 0 Å². The molecule has 0 aliphatic rings. The summed E-state index contributed by atoms with van der Waals surface area (Å²) < 4.78 is 1.27. The maximum atomic E-state index is 4.67. The topological polar surface area (TPSA) is 40.7 Å². The van der Waals surface area contributed by atoms with E-state index < -0.39 is 0 Å². The van der Waals surface area contributed by atoms with E-state index in [1.54, 1.807) is 22.7 Å². The molecule has 0 aromatic carbocycles. The van der Waals surface area contributed by atoms with Gasteiger partial charge in [0.2, 0.25) is 0 Å². The Morgan fingerprint density at radius 3 is 3.05 bits per heavy atom. The Kier molecular flexibility index (Phi) is 2.97. The van der Waals surface area contributed by atoms with E-state index in [0.717, 1.165) is 17.1 Å². The van der Waals surface area contributed by atoms with Crippen molar-refractivity contribution in [3.63, 3.8) is 0 Å². The molecule has 0 bridgehead atoms. The molecule has 4 rings (SSSR count). The molecule has 4 aromatic rings. The van der Waals surface area contributed by atoms with Crippen molar-refractivity contribution < 1.29 is 0 Å². The maximum Gasteiger partial charge on any atom is 0.126 e. The zero-order valence-electron chi connectivity index (χ0n) is 11.9. The summed E-state index contributed by atoms with van der Waals surface area (Å²) >= 11 is 3.54. The van der Waals surface area contributed by atoms with Crippen LogP contribution in [-0.2, 0) is 6.54 Å². The van der Waals surface area contributed by atoms with Crippen molar-refractivity contribution in [1.82, 2.24) is 9.97 Å². The Balaban J connectivity index is 1.79. The fraction of sp³-hybridized carbons (Fsp3) is 0.188. The van der Waals surface area contributed by atoms with Crippen molar-refractivity contribution in [3.8, 4) is 0 Å². The Morgan fingerprint density at radius 1 is 1.33 bits per heavy atom. The highest BCUT2D eigenvalue weighted by molar-refractivity contribution is 7.26. The average Bonchev–Trinajstić information content (AvgIpc) is 3.11. The highest BCUT2D eigenvalue weighted by atomic mass is 32.1. The summed E-state index contributed by atoms with van der Waals surface area (Å²) in [5, 5.41) is 6.89. The number of hydrogen-bond acceptors (Lipinski definition) is 4. The fourth-order valence-electron chi connectivity index (χ4n) is 2.71. The molecule has 2 N–H and O–H groups in total. The number of rotatable bonds is 3. The van der Waals surface area contributed by atoms with E-state index in [0.29, 0.717) is 0 Å². The summed E-state index contributed by atoms with van der Waals surface area (Å²) in [4.78, 5) is 10.5. The molecule has 4 aromatic heterocycles. The number of thiophene rings is 2. The minimum absolute atomic E-state index is 0.865. The maximum absolute atomic E-state index is 4.67. The molecular formula is C16H15N3S2. The van der Waals surface area contributed by atoms with Crippen molar-refractivity contribution in [3.05, 3.63) is 45.9 Å². The van der Waals surface area contributed by atoms with E-state index in [-0.39, 0.29) is 0 Å². The standard InChI is InChI=1S/C16H15N3S2/c1-9-6-10(2)19-16-13(9)14-15(21-16)12(8-18-14)17-7-11-4-3-5-20-11/h3-6,8,17-18H,7H2,1-2H3. The molecule has 0 saturated heterocycles. The molecule has 4 heterocycles. The number of H-pyrrole nitrogens is 1. The molecule has 0 saturated carbocycles. The van der Waals surface area contributed by atoms with Gasteiger partial charge in [-0.3, -0.25) is 0 Å². The molecule has 0 aliphatic carbocycles. The largest absolute Gasteiger partial charge is 0.378 e. The lowest BCUT2D eigenvalue weighted by atomic mass is 10.1. The number of aromatic nitrogens is 2. The third-order valence-corrected chi connectivity index (χ3v) is 5.62. The van der Waals surface area contributed by atoms with Crippen LogP contribution in [0.4, 0.5) is 5.69 Å². The van der Waals surface area contributed by atoms with Crippen LogP contribution in [-0.4, -0.2) is 9.97 Å². The zero-order chi connectivity index (χ0) is 14.4. The van der Waals surface area contributed by atoms with Gasteiger partial charge >= 0.3 is 0 Å². The Labute approximate surface area is 130 Å².